The van der Waals surface area contributed by atoms with Crippen molar-refractivity contribution >= 4 is 16.7 Å². The summed E-state index contributed by atoms with van der Waals surface area (Å²) in [5.41, 5.74) is 4.87. The fourth-order valence-corrected chi connectivity index (χ4v) is 4.02. The first-order chi connectivity index (χ1) is 17.0. The van der Waals surface area contributed by atoms with E-state index in [1.54, 1.807) is 41.2 Å². The SMILES string of the molecule is Cc1[nH]ncc1-c1ccc2c(=O)n(Cc3cccc(C(=O)NCc4ccc(F)nc4)c3)ccc2c1. The first-order valence-electron chi connectivity index (χ1n) is 11.1. The van der Waals surface area contributed by atoms with Gasteiger partial charge in [0.25, 0.3) is 11.5 Å². The Bertz CT molecular complexity index is 1590. The van der Waals surface area contributed by atoms with Crippen molar-refractivity contribution in [3.63, 3.8) is 0 Å². The molecule has 5 rings (SSSR count). The highest BCUT2D eigenvalue weighted by Crippen LogP contribution is 2.24. The Kier molecular flexibility index (Phi) is 5.93. The average molecular weight is 468 g/mol. The fourth-order valence-electron chi connectivity index (χ4n) is 4.02. The Hall–Kier alpha value is -4.59. The topological polar surface area (TPSA) is 92.7 Å². The molecule has 0 aliphatic carbocycles. The molecule has 5 aromatic rings. The molecule has 0 aliphatic rings. The number of carbonyl (C=O) groups excluding carboxylic acids is 1. The molecule has 0 radical (unpaired) electrons. The van der Waals surface area contributed by atoms with Crippen molar-refractivity contribution < 1.29 is 9.18 Å². The number of pyridine rings is 2. The molecule has 3 heterocycles. The second-order valence-electron chi connectivity index (χ2n) is 8.33. The largest absolute Gasteiger partial charge is 0.348 e. The van der Waals surface area contributed by atoms with E-state index in [0.29, 0.717) is 23.1 Å². The van der Waals surface area contributed by atoms with Gasteiger partial charge in [-0.25, -0.2) is 4.98 Å². The van der Waals surface area contributed by atoms with E-state index in [9.17, 15) is 14.0 Å². The highest BCUT2D eigenvalue weighted by Gasteiger charge is 2.10. The van der Waals surface area contributed by atoms with Crippen LogP contribution in [0, 0.1) is 12.9 Å². The summed E-state index contributed by atoms with van der Waals surface area (Å²) in [6, 6.07) is 17.6. The number of aryl methyl sites for hydroxylation is 1. The van der Waals surface area contributed by atoms with Crippen molar-refractivity contribution in [2.75, 3.05) is 0 Å². The quantitative estimate of drug-likeness (QED) is 0.366. The Morgan fingerprint density at radius 2 is 1.94 bits per heavy atom. The minimum Gasteiger partial charge on any atom is -0.348 e. The van der Waals surface area contributed by atoms with Gasteiger partial charge in [0.1, 0.15) is 0 Å². The van der Waals surface area contributed by atoms with E-state index in [-0.39, 0.29) is 18.0 Å². The van der Waals surface area contributed by atoms with E-state index in [0.717, 1.165) is 27.8 Å². The molecule has 1 amide bonds. The molecule has 2 aromatic carbocycles. The third-order valence-corrected chi connectivity index (χ3v) is 5.90. The molecule has 8 heteroatoms. The number of aromatic amines is 1. The molecule has 35 heavy (non-hydrogen) atoms. The number of halogens is 1. The number of amides is 1. The van der Waals surface area contributed by atoms with Crippen LogP contribution >= 0.6 is 0 Å². The third-order valence-electron chi connectivity index (χ3n) is 5.90. The van der Waals surface area contributed by atoms with Crippen molar-refractivity contribution in [2.45, 2.75) is 20.0 Å². The number of hydrogen-bond acceptors (Lipinski definition) is 4. The molecule has 0 bridgehead atoms. The zero-order valence-electron chi connectivity index (χ0n) is 19.0. The maximum absolute atomic E-state index is 13.1. The van der Waals surface area contributed by atoms with Crippen LogP contribution < -0.4 is 10.9 Å². The number of nitrogens with zero attached hydrogens (tertiary/aromatic N) is 3. The van der Waals surface area contributed by atoms with Crippen LogP contribution in [-0.4, -0.2) is 25.7 Å². The average Bonchev–Trinajstić information content (AvgIpc) is 3.31. The van der Waals surface area contributed by atoms with E-state index in [4.69, 9.17) is 0 Å². The molecule has 0 unspecified atom stereocenters. The highest BCUT2D eigenvalue weighted by atomic mass is 19.1. The van der Waals surface area contributed by atoms with E-state index in [1.807, 2.05) is 37.3 Å². The van der Waals surface area contributed by atoms with Gasteiger partial charge in [-0.15, -0.1) is 0 Å². The summed E-state index contributed by atoms with van der Waals surface area (Å²) < 4.78 is 14.6. The lowest BCUT2D eigenvalue weighted by Crippen LogP contribution is -2.23. The van der Waals surface area contributed by atoms with Crippen LogP contribution in [0.1, 0.15) is 27.2 Å². The van der Waals surface area contributed by atoms with Gasteiger partial charge in [0.05, 0.1) is 12.7 Å². The second kappa shape index (κ2) is 9.34. The number of benzene rings is 2. The van der Waals surface area contributed by atoms with Crippen molar-refractivity contribution in [3.8, 4) is 11.1 Å². The van der Waals surface area contributed by atoms with Crippen molar-refractivity contribution in [1.29, 1.82) is 0 Å². The molecule has 0 saturated heterocycles. The predicted octanol–water partition coefficient (Wildman–Crippen LogP) is 4.21. The first-order valence-corrected chi connectivity index (χ1v) is 11.1. The lowest BCUT2D eigenvalue weighted by atomic mass is 10.0. The number of aromatic nitrogens is 4. The number of fused-ring (bicyclic) bond motifs is 1. The second-order valence-corrected chi connectivity index (χ2v) is 8.33. The van der Waals surface area contributed by atoms with Gasteiger partial charge in [-0.3, -0.25) is 14.7 Å². The molecule has 7 nitrogen and oxygen atoms in total. The van der Waals surface area contributed by atoms with Gasteiger partial charge < -0.3 is 9.88 Å². The van der Waals surface area contributed by atoms with Gasteiger partial charge in [0.15, 0.2) is 0 Å². The molecule has 0 saturated carbocycles. The number of hydrogen-bond donors (Lipinski definition) is 2. The lowest BCUT2D eigenvalue weighted by Gasteiger charge is -2.10. The number of H-pyrrole nitrogens is 1. The van der Waals surface area contributed by atoms with Crippen LogP contribution in [-0.2, 0) is 13.1 Å². The summed E-state index contributed by atoms with van der Waals surface area (Å²) in [4.78, 5) is 29.3. The van der Waals surface area contributed by atoms with Crippen molar-refractivity contribution in [1.82, 2.24) is 25.1 Å². The molecular weight excluding hydrogens is 445 g/mol. The van der Waals surface area contributed by atoms with Crippen molar-refractivity contribution in [2.24, 2.45) is 0 Å². The van der Waals surface area contributed by atoms with E-state index >= 15 is 0 Å². The lowest BCUT2D eigenvalue weighted by molar-refractivity contribution is 0.0950. The molecule has 0 fully saturated rings. The summed E-state index contributed by atoms with van der Waals surface area (Å²) >= 11 is 0. The van der Waals surface area contributed by atoms with Gasteiger partial charge in [0, 0.05) is 41.1 Å². The molecule has 0 spiro atoms. The highest BCUT2D eigenvalue weighted by molar-refractivity contribution is 5.94. The Balaban J connectivity index is 1.34. The summed E-state index contributed by atoms with van der Waals surface area (Å²) in [6.45, 7) is 2.53. The summed E-state index contributed by atoms with van der Waals surface area (Å²) in [7, 11) is 0. The smallest absolute Gasteiger partial charge is 0.258 e. The predicted molar refractivity (Wildman–Crippen MR) is 131 cm³/mol. The molecule has 3 aromatic heterocycles. The normalized spacial score (nSPS) is 11.0. The number of rotatable bonds is 6. The van der Waals surface area contributed by atoms with Crippen LogP contribution in [0.5, 0.6) is 0 Å². The Labute approximate surface area is 200 Å². The molecule has 2 N–H and O–H groups in total. The van der Waals surface area contributed by atoms with E-state index in [2.05, 4.69) is 20.5 Å². The summed E-state index contributed by atoms with van der Waals surface area (Å²) in [5.74, 6) is -0.825. The van der Waals surface area contributed by atoms with Crippen LogP contribution in [0.25, 0.3) is 21.9 Å². The molecule has 0 atom stereocenters. The minimum atomic E-state index is -0.565. The fraction of sp³-hybridized carbons (Fsp3) is 0.111. The standard InChI is InChI=1S/C27H22FN5O2/c1-17-24(15-31-32-17)20-6-7-23-21(12-20)9-10-33(27(23)35)16-18-3-2-4-22(11-18)26(34)30-14-19-5-8-25(28)29-13-19/h2-13,15H,14,16H2,1H3,(H,30,34)(H,31,32). The Morgan fingerprint density at radius 1 is 1.06 bits per heavy atom. The maximum Gasteiger partial charge on any atom is 0.258 e. The van der Waals surface area contributed by atoms with Crippen LogP contribution in [0.2, 0.25) is 0 Å². The monoisotopic (exact) mass is 467 g/mol. The van der Waals surface area contributed by atoms with Gasteiger partial charge >= 0.3 is 0 Å². The summed E-state index contributed by atoms with van der Waals surface area (Å²) in [6.07, 6.45) is 4.93. The molecule has 0 aliphatic heterocycles. The van der Waals surface area contributed by atoms with Gasteiger partial charge in [0.2, 0.25) is 5.95 Å². The number of carbonyl (C=O) groups is 1. The van der Waals surface area contributed by atoms with Crippen molar-refractivity contribution in [3.05, 3.63) is 118 Å². The van der Waals surface area contributed by atoms with Crippen LogP contribution in [0.3, 0.4) is 0 Å². The van der Waals surface area contributed by atoms with Gasteiger partial charge in [-0.05, 0) is 65.4 Å². The van der Waals surface area contributed by atoms with Gasteiger partial charge in [-0.1, -0.05) is 24.3 Å². The Morgan fingerprint density at radius 3 is 2.71 bits per heavy atom. The summed E-state index contributed by atoms with van der Waals surface area (Å²) in [5, 5.41) is 11.3. The van der Waals surface area contributed by atoms with Crippen LogP contribution in [0.15, 0.2) is 84.0 Å². The zero-order valence-corrected chi connectivity index (χ0v) is 19.0. The molecular formula is C27H22FN5O2. The zero-order chi connectivity index (χ0) is 24.4. The molecule has 174 valence electrons. The minimum absolute atomic E-state index is 0.100. The maximum atomic E-state index is 13.1. The third kappa shape index (κ3) is 4.72. The van der Waals surface area contributed by atoms with E-state index in [1.165, 1.54) is 12.3 Å². The number of nitrogens with one attached hydrogen (secondary N) is 2. The van der Waals surface area contributed by atoms with Gasteiger partial charge in [-0.2, -0.15) is 9.49 Å². The van der Waals surface area contributed by atoms with Crippen LogP contribution in [0.4, 0.5) is 4.39 Å². The first kappa shape index (κ1) is 22.2. The van der Waals surface area contributed by atoms with E-state index < -0.39 is 5.95 Å².